The topological polar surface area (TPSA) is 121 Å². The van der Waals surface area contributed by atoms with E-state index in [9.17, 15) is 18.3 Å². The standard InChI is InChI=1S/C24H40O7S/c1-14(4-7-22(26)27)17-5-6-18-16-13-21(25)20-12-15(31-32(28,29)30)8-10-24(20,3)19(16)9-11-23(17,18)2/h14-21,25H,4-13H2,1-3H3,(H,26,27)(H,28,29,30)/t14-,15-,16+,17-,18+,19+,20+,21+,23-,24-/m1/s1. The van der Waals surface area contributed by atoms with Crippen molar-refractivity contribution in [1.82, 2.24) is 0 Å². The van der Waals surface area contributed by atoms with Gasteiger partial charge in [0, 0.05) is 6.42 Å². The molecule has 0 spiro atoms. The number of aliphatic hydroxyl groups excluding tert-OH is 1. The maximum atomic E-state index is 11.2. The Kier molecular flexibility index (Phi) is 6.49. The number of hydrogen-bond donors (Lipinski definition) is 3. The fraction of sp³-hybridized carbons (Fsp3) is 0.958. The maximum Gasteiger partial charge on any atom is 0.397 e. The van der Waals surface area contributed by atoms with Crippen LogP contribution in [0.4, 0.5) is 0 Å². The minimum atomic E-state index is -4.49. The molecule has 0 aromatic carbocycles. The van der Waals surface area contributed by atoms with E-state index < -0.39 is 28.6 Å². The van der Waals surface area contributed by atoms with Gasteiger partial charge >= 0.3 is 16.4 Å². The van der Waals surface area contributed by atoms with Crippen LogP contribution in [0, 0.1) is 46.3 Å². The lowest BCUT2D eigenvalue weighted by Gasteiger charge is -2.62. The van der Waals surface area contributed by atoms with Crippen molar-refractivity contribution in [1.29, 1.82) is 0 Å². The monoisotopic (exact) mass is 472 g/mol. The van der Waals surface area contributed by atoms with Crippen LogP contribution in [0.1, 0.15) is 85.0 Å². The van der Waals surface area contributed by atoms with Gasteiger partial charge in [-0.25, -0.2) is 4.18 Å². The zero-order valence-corrected chi connectivity index (χ0v) is 20.4. The number of rotatable bonds is 6. The van der Waals surface area contributed by atoms with E-state index in [-0.39, 0.29) is 23.2 Å². The predicted molar refractivity (Wildman–Crippen MR) is 119 cm³/mol. The van der Waals surface area contributed by atoms with Crippen molar-refractivity contribution in [2.75, 3.05) is 0 Å². The van der Waals surface area contributed by atoms with Gasteiger partial charge in [-0.3, -0.25) is 9.35 Å². The Bertz CT molecular complexity index is 828. The summed E-state index contributed by atoms with van der Waals surface area (Å²) in [5.41, 5.74) is 0.156. The minimum absolute atomic E-state index is 0.0136. The third-order valence-electron chi connectivity index (χ3n) is 10.5. The van der Waals surface area contributed by atoms with Crippen molar-refractivity contribution in [3.63, 3.8) is 0 Å². The van der Waals surface area contributed by atoms with Crippen molar-refractivity contribution in [3.05, 3.63) is 0 Å². The number of fused-ring (bicyclic) bond motifs is 5. The minimum Gasteiger partial charge on any atom is -0.481 e. The fourth-order valence-corrected chi connectivity index (χ4v) is 9.57. The summed E-state index contributed by atoms with van der Waals surface area (Å²) in [7, 11) is -4.49. The van der Waals surface area contributed by atoms with E-state index in [0.717, 1.165) is 44.9 Å². The lowest BCUT2D eigenvalue weighted by atomic mass is 9.44. The van der Waals surface area contributed by atoms with E-state index in [1.807, 2.05) is 0 Å². The van der Waals surface area contributed by atoms with Gasteiger partial charge in [0.15, 0.2) is 0 Å². The van der Waals surface area contributed by atoms with Crippen LogP contribution in [0.2, 0.25) is 0 Å². The van der Waals surface area contributed by atoms with E-state index in [1.54, 1.807) is 0 Å². The van der Waals surface area contributed by atoms with E-state index in [1.165, 1.54) is 0 Å². The van der Waals surface area contributed by atoms with Crippen LogP contribution in [0.25, 0.3) is 0 Å². The summed E-state index contributed by atoms with van der Waals surface area (Å²) >= 11 is 0. The first-order valence-electron chi connectivity index (χ1n) is 12.4. The molecule has 0 radical (unpaired) electrons. The van der Waals surface area contributed by atoms with Gasteiger partial charge in [-0.1, -0.05) is 20.8 Å². The molecule has 3 N–H and O–H groups in total. The molecule has 10 atom stereocenters. The number of aliphatic carboxylic acids is 1. The Morgan fingerprint density at radius 3 is 2.34 bits per heavy atom. The lowest BCUT2D eigenvalue weighted by molar-refractivity contribution is -0.170. The van der Waals surface area contributed by atoms with Gasteiger partial charge < -0.3 is 10.2 Å². The molecule has 4 fully saturated rings. The number of hydrogen-bond acceptors (Lipinski definition) is 5. The summed E-state index contributed by atoms with van der Waals surface area (Å²) in [6.07, 6.45) is 7.08. The van der Waals surface area contributed by atoms with Crippen LogP contribution in [-0.4, -0.2) is 41.4 Å². The highest BCUT2D eigenvalue weighted by Crippen LogP contribution is 2.68. The predicted octanol–water partition coefficient (Wildman–Crippen LogP) is 4.31. The summed E-state index contributed by atoms with van der Waals surface area (Å²) in [5.74, 6) is 1.72. The van der Waals surface area contributed by atoms with Crippen LogP contribution in [0.3, 0.4) is 0 Å². The van der Waals surface area contributed by atoms with Crippen molar-refractivity contribution in [3.8, 4) is 0 Å². The molecule has 184 valence electrons. The highest BCUT2D eigenvalue weighted by Gasteiger charge is 2.62. The van der Waals surface area contributed by atoms with Gasteiger partial charge in [0.1, 0.15) is 0 Å². The summed E-state index contributed by atoms with van der Waals surface area (Å²) in [6.45, 7) is 6.92. The van der Waals surface area contributed by atoms with E-state index in [4.69, 9.17) is 13.8 Å². The second-order valence-corrected chi connectivity index (χ2v) is 12.9. The molecule has 0 aromatic heterocycles. The second kappa shape index (κ2) is 8.51. The maximum absolute atomic E-state index is 11.2. The zero-order valence-electron chi connectivity index (χ0n) is 19.6. The summed E-state index contributed by atoms with van der Waals surface area (Å²) in [6, 6.07) is 0. The smallest absolute Gasteiger partial charge is 0.397 e. The number of carboxylic acid groups (broad SMARTS) is 1. The molecule has 0 bridgehead atoms. The third-order valence-corrected chi connectivity index (χ3v) is 11.0. The van der Waals surface area contributed by atoms with Gasteiger partial charge in [-0.2, -0.15) is 8.42 Å². The van der Waals surface area contributed by atoms with Gasteiger partial charge in [0.25, 0.3) is 0 Å². The molecule has 8 heteroatoms. The van der Waals surface area contributed by atoms with Gasteiger partial charge in [-0.15, -0.1) is 0 Å². The molecule has 4 rings (SSSR count). The Hall–Kier alpha value is -0.700. The molecule has 4 saturated carbocycles. The number of carbonyl (C=O) groups is 1. The third kappa shape index (κ3) is 4.25. The molecule has 0 unspecified atom stereocenters. The van der Waals surface area contributed by atoms with Crippen LogP contribution in [0.15, 0.2) is 0 Å². The van der Waals surface area contributed by atoms with Crippen LogP contribution < -0.4 is 0 Å². The first-order chi connectivity index (χ1) is 14.8. The van der Waals surface area contributed by atoms with Crippen LogP contribution in [0.5, 0.6) is 0 Å². The fourth-order valence-electron chi connectivity index (χ4n) is 9.05. The normalized spacial score (nSPS) is 47.2. The van der Waals surface area contributed by atoms with Crippen molar-refractivity contribution >= 4 is 16.4 Å². The number of aliphatic hydroxyl groups is 1. The summed E-state index contributed by atoms with van der Waals surface area (Å²) in [4.78, 5) is 11.1. The molecule has 0 aromatic rings. The van der Waals surface area contributed by atoms with Crippen molar-refractivity contribution in [2.45, 2.75) is 97.2 Å². The van der Waals surface area contributed by atoms with Gasteiger partial charge in [0.2, 0.25) is 0 Å². The Balaban J connectivity index is 1.51. The van der Waals surface area contributed by atoms with Gasteiger partial charge in [0.05, 0.1) is 12.2 Å². The Morgan fingerprint density at radius 2 is 1.69 bits per heavy atom. The summed E-state index contributed by atoms with van der Waals surface area (Å²) in [5, 5.41) is 20.3. The molecule has 0 amide bonds. The van der Waals surface area contributed by atoms with E-state index >= 15 is 0 Å². The molecule has 7 nitrogen and oxygen atoms in total. The highest BCUT2D eigenvalue weighted by atomic mass is 32.3. The van der Waals surface area contributed by atoms with Gasteiger partial charge in [-0.05, 0) is 104 Å². The average Bonchev–Trinajstić information content (AvgIpc) is 3.03. The molecular formula is C24H40O7S. The van der Waals surface area contributed by atoms with E-state index in [0.29, 0.717) is 42.4 Å². The molecular weight excluding hydrogens is 432 g/mol. The molecule has 0 saturated heterocycles. The largest absolute Gasteiger partial charge is 0.481 e. The van der Waals surface area contributed by atoms with E-state index in [2.05, 4.69) is 20.8 Å². The molecule has 4 aliphatic rings. The van der Waals surface area contributed by atoms with Crippen molar-refractivity contribution < 1.29 is 32.2 Å². The Labute approximate surface area is 192 Å². The zero-order chi connectivity index (χ0) is 23.5. The second-order valence-electron chi connectivity index (χ2n) is 11.9. The first kappa shape index (κ1) is 24.4. The molecule has 4 aliphatic carbocycles. The van der Waals surface area contributed by atoms with Crippen LogP contribution in [-0.2, 0) is 19.4 Å². The van der Waals surface area contributed by atoms with Crippen LogP contribution >= 0.6 is 0 Å². The lowest BCUT2D eigenvalue weighted by Crippen LogP contribution is -2.58. The molecule has 32 heavy (non-hydrogen) atoms. The summed E-state index contributed by atoms with van der Waals surface area (Å²) < 4.78 is 36.4. The average molecular weight is 473 g/mol. The quantitative estimate of drug-likeness (QED) is 0.493. The first-order valence-corrected chi connectivity index (χ1v) is 13.8. The number of carboxylic acids is 1. The van der Waals surface area contributed by atoms with Crippen molar-refractivity contribution in [2.24, 2.45) is 46.3 Å². The molecule has 0 aliphatic heterocycles. The SMILES string of the molecule is C[C@H](CCC(=O)O)[C@H]1CC[C@H]2[C@@H]3C[C@H](O)[C@@H]4C[C@H](OS(=O)(=O)O)CC[C@]4(C)[C@H]3CC[C@]12C. The highest BCUT2D eigenvalue weighted by molar-refractivity contribution is 7.80. The molecule has 0 heterocycles. The Morgan fingerprint density at radius 1 is 1.03 bits per heavy atom.